The molecule has 0 saturated heterocycles. The fraction of sp³-hybridized carbons (Fsp3) is 0.300. The van der Waals surface area contributed by atoms with E-state index in [2.05, 4.69) is 0 Å². The van der Waals surface area contributed by atoms with Crippen molar-refractivity contribution in [1.82, 2.24) is 0 Å². The van der Waals surface area contributed by atoms with Gasteiger partial charge < -0.3 is 10.2 Å². The second-order valence-electron chi connectivity index (χ2n) is 3.09. The number of rotatable bonds is 3. The first kappa shape index (κ1) is 10.7. The number of aliphatic hydroxyl groups excluding tert-OH is 1. The summed E-state index contributed by atoms with van der Waals surface area (Å²) in [7, 11) is 0. The van der Waals surface area contributed by atoms with Crippen molar-refractivity contribution >= 4 is 5.97 Å². The minimum Gasteiger partial charge on any atom is -0.481 e. The van der Waals surface area contributed by atoms with Crippen molar-refractivity contribution < 1.29 is 19.4 Å². The molecule has 0 aliphatic rings. The fourth-order valence-electron chi connectivity index (χ4n) is 1.20. The van der Waals surface area contributed by atoms with Crippen molar-refractivity contribution in [3.63, 3.8) is 0 Å². The second-order valence-corrected chi connectivity index (χ2v) is 3.09. The van der Waals surface area contributed by atoms with E-state index in [0.717, 1.165) is 0 Å². The number of hydrogen-bond donors (Lipinski definition) is 2. The fourth-order valence-corrected chi connectivity index (χ4v) is 1.20. The summed E-state index contributed by atoms with van der Waals surface area (Å²) in [5.74, 6) is -1.69. The van der Waals surface area contributed by atoms with E-state index in [-0.39, 0.29) is 5.56 Å². The van der Waals surface area contributed by atoms with Gasteiger partial charge in [-0.1, -0.05) is 18.2 Å². The van der Waals surface area contributed by atoms with Crippen LogP contribution >= 0.6 is 0 Å². The van der Waals surface area contributed by atoms with Crippen LogP contribution in [0.4, 0.5) is 4.39 Å². The van der Waals surface area contributed by atoms with E-state index >= 15 is 0 Å². The highest BCUT2D eigenvalue weighted by atomic mass is 19.1. The van der Waals surface area contributed by atoms with Crippen LogP contribution in [0.3, 0.4) is 0 Å². The lowest BCUT2D eigenvalue weighted by molar-refractivity contribution is -0.139. The SMILES string of the molecule is Cc1cccc([C@@H](O)CC(=O)O)c1F. The van der Waals surface area contributed by atoms with Crippen LogP contribution in [0, 0.1) is 12.7 Å². The maximum absolute atomic E-state index is 13.3. The van der Waals surface area contributed by atoms with Crippen LogP contribution in [0.15, 0.2) is 18.2 Å². The molecule has 1 rings (SSSR count). The van der Waals surface area contributed by atoms with Gasteiger partial charge in [-0.05, 0) is 12.5 Å². The summed E-state index contributed by atoms with van der Waals surface area (Å²) in [6.07, 6.45) is -1.77. The van der Waals surface area contributed by atoms with E-state index < -0.39 is 24.3 Å². The van der Waals surface area contributed by atoms with E-state index in [9.17, 15) is 14.3 Å². The summed E-state index contributed by atoms with van der Waals surface area (Å²) in [5.41, 5.74) is 0.430. The van der Waals surface area contributed by atoms with Gasteiger partial charge in [0.25, 0.3) is 0 Å². The summed E-state index contributed by atoms with van der Waals surface area (Å²) in [6.45, 7) is 1.56. The molecule has 0 aliphatic heterocycles. The zero-order chi connectivity index (χ0) is 10.7. The van der Waals surface area contributed by atoms with Crippen LogP contribution in [0.25, 0.3) is 0 Å². The Morgan fingerprint density at radius 1 is 1.57 bits per heavy atom. The molecular formula is C10H11FO3. The zero-order valence-electron chi connectivity index (χ0n) is 7.70. The molecule has 1 aromatic carbocycles. The first-order chi connectivity index (χ1) is 6.52. The maximum Gasteiger partial charge on any atom is 0.306 e. The third kappa shape index (κ3) is 2.29. The molecule has 0 heterocycles. The van der Waals surface area contributed by atoms with E-state index in [4.69, 9.17) is 5.11 Å². The first-order valence-corrected chi connectivity index (χ1v) is 4.17. The highest BCUT2D eigenvalue weighted by molar-refractivity contribution is 5.67. The number of hydrogen-bond acceptors (Lipinski definition) is 2. The Morgan fingerprint density at radius 3 is 2.79 bits per heavy atom. The molecule has 14 heavy (non-hydrogen) atoms. The van der Waals surface area contributed by atoms with E-state index in [1.807, 2.05) is 0 Å². The van der Waals surface area contributed by atoms with Gasteiger partial charge in [-0.15, -0.1) is 0 Å². The lowest BCUT2D eigenvalue weighted by Crippen LogP contribution is -2.07. The predicted molar refractivity (Wildman–Crippen MR) is 48.3 cm³/mol. The summed E-state index contributed by atoms with van der Waals surface area (Å²) >= 11 is 0. The highest BCUT2D eigenvalue weighted by Crippen LogP contribution is 2.21. The van der Waals surface area contributed by atoms with Crippen molar-refractivity contribution in [2.45, 2.75) is 19.4 Å². The number of carboxylic acid groups (broad SMARTS) is 1. The molecule has 1 atom stereocenters. The number of benzene rings is 1. The lowest BCUT2D eigenvalue weighted by Gasteiger charge is -2.10. The maximum atomic E-state index is 13.3. The predicted octanol–water partition coefficient (Wildman–Crippen LogP) is 1.64. The van der Waals surface area contributed by atoms with Gasteiger partial charge in [0.05, 0.1) is 12.5 Å². The summed E-state index contributed by atoms with van der Waals surface area (Å²) in [5, 5.41) is 17.8. The normalized spacial score (nSPS) is 12.5. The van der Waals surface area contributed by atoms with Crippen LogP contribution in [-0.2, 0) is 4.79 Å². The average Bonchev–Trinajstić information content (AvgIpc) is 2.08. The van der Waals surface area contributed by atoms with Crippen LogP contribution in [0.5, 0.6) is 0 Å². The molecule has 76 valence electrons. The molecule has 1 aromatic rings. The third-order valence-corrected chi connectivity index (χ3v) is 1.95. The molecule has 0 bridgehead atoms. The summed E-state index contributed by atoms with van der Waals surface area (Å²) in [6, 6.07) is 4.53. The molecule has 0 radical (unpaired) electrons. The number of carboxylic acids is 1. The average molecular weight is 198 g/mol. The molecule has 0 spiro atoms. The van der Waals surface area contributed by atoms with Crippen LogP contribution in [0.2, 0.25) is 0 Å². The van der Waals surface area contributed by atoms with Crippen molar-refractivity contribution in [1.29, 1.82) is 0 Å². The molecule has 2 N–H and O–H groups in total. The van der Waals surface area contributed by atoms with Gasteiger partial charge in [0.15, 0.2) is 0 Å². The van der Waals surface area contributed by atoms with E-state index in [1.54, 1.807) is 19.1 Å². The van der Waals surface area contributed by atoms with E-state index in [1.165, 1.54) is 6.07 Å². The Kier molecular flexibility index (Phi) is 3.19. The molecule has 0 aliphatic carbocycles. The molecule has 0 aromatic heterocycles. The second kappa shape index (κ2) is 4.19. The third-order valence-electron chi connectivity index (χ3n) is 1.95. The largest absolute Gasteiger partial charge is 0.481 e. The number of aryl methyl sites for hydroxylation is 1. The van der Waals surface area contributed by atoms with Crippen molar-refractivity contribution in [3.05, 3.63) is 35.1 Å². The molecule has 0 amide bonds. The number of aliphatic hydroxyl groups is 1. The Morgan fingerprint density at radius 2 is 2.21 bits per heavy atom. The lowest BCUT2D eigenvalue weighted by atomic mass is 10.0. The van der Waals surface area contributed by atoms with Crippen LogP contribution < -0.4 is 0 Å². The van der Waals surface area contributed by atoms with E-state index in [0.29, 0.717) is 5.56 Å². The van der Waals surface area contributed by atoms with Crippen molar-refractivity contribution in [2.75, 3.05) is 0 Å². The van der Waals surface area contributed by atoms with Gasteiger partial charge in [-0.25, -0.2) is 4.39 Å². The van der Waals surface area contributed by atoms with Crippen LogP contribution in [0.1, 0.15) is 23.7 Å². The minimum absolute atomic E-state index is 0.0346. The molecular weight excluding hydrogens is 187 g/mol. The Bertz CT molecular complexity index is 349. The van der Waals surface area contributed by atoms with Gasteiger partial charge in [0, 0.05) is 5.56 Å². The van der Waals surface area contributed by atoms with Gasteiger partial charge in [0.2, 0.25) is 0 Å². The first-order valence-electron chi connectivity index (χ1n) is 4.17. The molecule has 4 heteroatoms. The molecule has 0 fully saturated rings. The molecule has 3 nitrogen and oxygen atoms in total. The zero-order valence-corrected chi connectivity index (χ0v) is 7.70. The number of aliphatic carboxylic acids is 1. The monoisotopic (exact) mass is 198 g/mol. The quantitative estimate of drug-likeness (QED) is 0.776. The molecule has 0 saturated carbocycles. The van der Waals surface area contributed by atoms with Crippen LogP contribution in [-0.4, -0.2) is 16.2 Å². The highest BCUT2D eigenvalue weighted by Gasteiger charge is 2.16. The smallest absolute Gasteiger partial charge is 0.306 e. The van der Waals surface area contributed by atoms with Gasteiger partial charge >= 0.3 is 5.97 Å². The Balaban J connectivity index is 2.95. The Hall–Kier alpha value is -1.42. The number of carbonyl (C=O) groups is 1. The van der Waals surface area contributed by atoms with Crippen molar-refractivity contribution in [2.24, 2.45) is 0 Å². The van der Waals surface area contributed by atoms with Crippen molar-refractivity contribution in [3.8, 4) is 0 Å². The van der Waals surface area contributed by atoms with Gasteiger partial charge in [-0.3, -0.25) is 4.79 Å². The standard InChI is InChI=1S/C10H11FO3/c1-6-3-2-4-7(10(6)11)8(12)5-9(13)14/h2-4,8,12H,5H2,1H3,(H,13,14)/t8-/m0/s1. The Labute approximate surface area is 80.8 Å². The summed E-state index contributed by atoms with van der Waals surface area (Å²) < 4.78 is 13.3. The number of halogens is 1. The minimum atomic E-state index is -1.28. The van der Waals surface area contributed by atoms with Gasteiger partial charge in [-0.2, -0.15) is 0 Å². The molecule has 0 unspecified atom stereocenters. The summed E-state index contributed by atoms with van der Waals surface area (Å²) in [4.78, 5) is 10.3. The topological polar surface area (TPSA) is 57.5 Å². The van der Waals surface area contributed by atoms with Gasteiger partial charge in [0.1, 0.15) is 5.82 Å².